The van der Waals surface area contributed by atoms with Crippen molar-refractivity contribution in [1.29, 1.82) is 0 Å². The highest BCUT2D eigenvalue weighted by atomic mass is 16.5. The molecule has 2 rings (SSSR count). The summed E-state index contributed by atoms with van der Waals surface area (Å²) in [5.41, 5.74) is 6.10. The van der Waals surface area contributed by atoms with E-state index < -0.39 is 11.2 Å². The molecule has 0 fully saturated rings. The molecule has 0 saturated heterocycles. The zero-order valence-corrected chi connectivity index (χ0v) is 17.8. The van der Waals surface area contributed by atoms with Gasteiger partial charge in [-0.3, -0.25) is 19.1 Å². The number of hydrogen-bond acceptors (Lipinski definition) is 6. The van der Waals surface area contributed by atoms with E-state index in [1.165, 1.54) is 4.57 Å². The van der Waals surface area contributed by atoms with Crippen LogP contribution in [-0.2, 0) is 16.1 Å². The fourth-order valence-corrected chi connectivity index (χ4v) is 3.01. The first-order valence-electron chi connectivity index (χ1n) is 10.0. The van der Waals surface area contributed by atoms with Crippen LogP contribution in [0.15, 0.2) is 39.9 Å². The standard InChI is InChI=1S/C21H31N5O4/c1-15(2)9-11-25(14-17(27)23-10-12-30-3)18-19(22)26(21(29)24-20(18)28)13-16-7-5-4-6-8-16/h4-8,15H,9-14,22H2,1-3H3,(H,23,27)(H,24,28,29). The lowest BCUT2D eigenvalue weighted by Gasteiger charge is -2.26. The van der Waals surface area contributed by atoms with Gasteiger partial charge < -0.3 is 20.7 Å². The van der Waals surface area contributed by atoms with Gasteiger partial charge in [0.25, 0.3) is 5.56 Å². The maximum absolute atomic E-state index is 12.7. The quantitative estimate of drug-likeness (QED) is 0.465. The first kappa shape index (κ1) is 23.2. The Balaban J connectivity index is 2.38. The SMILES string of the molecule is COCCNC(=O)CN(CCC(C)C)c1c(N)n(Cc2ccccc2)c(=O)[nH]c1=O. The zero-order chi connectivity index (χ0) is 22.1. The van der Waals surface area contributed by atoms with Crippen molar-refractivity contribution in [2.75, 3.05) is 44.0 Å². The Morgan fingerprint density at radius 2 is 1.97 bits per heavy atom. The molecule has 0 bridgehead atoms. The van der Waals surface area contributed by atoms with Gasteiger partial charge in [-0.05, 0) is 17.9 Å². The normalized spacial score (nSPS) is 10.9. The van der Waals surface area contributed by atoms with Crippen molar-refractivity contribution in [2.24, 2.45) is 5.92 Å². The molecule has 0 unspecified atom stereocenters. The predicted octanol–water partition coefficient (Wildman–Crippen LogP) is 0.782. The number of carbonyl (C=O) groups excluding carboxylic acids is 1. The van der Waals surface area contributed by atoms with Crippen LogP contribution >= 0.6 is 0 Å². The van der Waals surface area contributed by atoms with Crippen LogP contribution in [0.5, 0.6) is 0 Å². The summed E-state index contributed by atoms with van der Waals surface area (Å²) in [7, 11) is 1.55. The molecule has 0 radical (unpaired) electrons. The average Bonchev–Trinajstić information content (AvgIpc) is 2.70. The first-order valence-corrected chi connectivity index (χ1v) is 10.0. The average molecular weight is 418 g/mol. The highest BCUT2D eigenvalue weighted by Crippen LogP contribution is 2.19. The van der Waals surface area contributed by atoms with Crippen molar-refractivity contribution >= 4 is 17.4 Å². The van der Waals surface area contributed by atoms with Gasteiger partial charge in [-0.25, -0.2) is 4.79 Å². The fourth-order valence-electron chi connectivity index (χ4n) is 3.01. The number of rotatable bonds is 11. The van der Waals surface area contributed by atoms with E-state index in [1.54, 1.807) is 12.0 Å². The van der Waals surface area contributed by atoms with E-state index in [9.17, 15) is 14.4 Å². The number of anilines is 2. The van der Waals surface area contributed by atoms with Gasteiger partial charge in [0.15, 0.2) is 0 Å². The van der Waals surface area contributed by atoms with E-state index in [2.05, 4.69) is 24.1 Å². The Labute approximate surface area is 175 Å². The predicted molar refractivity (Wildman–Crippen MR) is 118 cm³/mol. The molecule has 30 heavy (non-hydrogen) atoms. The third-order valence-electron chi connectivity index (χ3n) is 4.65. The van der Waals surface area contributed by atoms with Gasteiger partial charge in [-0.15, -0.1) is 0 Å². The molecular weight excluding hydrogens is 386 g/mol. The highest BCUT2D eigenvalue weighted by molar-refractivity contribution is 5.82. The Bertz CT molecular complexity index is 937. The van der Waals surface area contributed by atoms with Gasteiger partial charge in [-0.2, -0.15) is 0 Å². The summed E-state index contributed by atoms with van der Waals surface area (Å²) in [6.07, 6.45) is 0.752. The summed E-state index contributed by atoms with van der Waals surface area (Å²) < 4.78 is 6.26. The van der Waals surface area contributed by atoms with Gasteiger partial charge in [0.1, 0.15) is 11.5 Å². The second kappa shape index (κ2) is 11.2. The maximum Gasteiger partial charge on any atom is 0.330 e. The molecule has 1 heterocycles. The molecule has 9 nitrogen and oxygen atoms in total. The minimum Gasteiger partial charge on any atom is -0.383 e. The van der Waals surface area contributed by atoms with E-state index in [4.69, 9.17) is 10.5 Å². The van der Waals surface area contributed by atoms with Crippen LogP contribution in [-0.4, -0.2) is 48.8 Å². The molecule has 1 aromatic heterocycles. The summed E-state index contributed by atoms with van der Waals surface area (Å²) in [4.78, 5) is 41.4. The van der Waals surface area contributed by atoms with Crippen molar-refractivity contribution in [3.63, 3.8) is 0 Å². The lowest BCUT2D eigenvalue weighted by Crippen LogP contribution is -2.44. The van der Waals surface area contributed by atoms with E-state index in [0.717, 1.165) is 12.0 Å². The molecule has 0 aliphatic heterocycles. The molecule has 9 heteroatoms. The summed E-state index contributed by atoms with van der Waals surface area (Å²) in [6, 6.07) is 9.35. The smallest absolute Gasteiger partial charge is 0.330 e. The minimum atomic E-state index is -0.602. The fraction of sp³-hybridized carbons (Fsp3) is 0.476. The molecule has 1 amide bonds. The van der Waals surface area contributed by atoms with E-state index in [1.807, 2.05) is 30.3 Å². The number of carbonyl (C=O) groups is 1. The highest BCUT2D eigenvalue weighted by Gasteiger charge is 2.21. The van der Waals surface area contributed by atoms with Crippen molar-refractivity contribution in [3.8, 4) is 0 Å². The van der Waals surface area contributed by atoms with E-state index in [0.29, 0.717) is 25.6 Å². The van der Waals surface area contributed by atoms with Gasteiger partial charge in [0, 0.05) is 20.2 Å². The van der Waals surface area contributed by atoms with Crippen LogP contribution in [0.1, 0.15) is 25.8 Å². The molecular formula is C21H31N5O4. The summed E-state index contributed by atoms with van der Waals surface area (Å²) in [5.74, 6) is 0.149. The van der Waals surface area contributed by atoms with Crippen LogP contribution in [0.4, 0.5) is 11.5 Å². The number of amides is 1. The Hall–Kier alpha value is -3.07. The van der Waals surface area contributed by atoms with Crippen molar-refractivity contribution < 1.29 is 9.53 Å². The number of nitrogens with two attached hydrogens (primary N) is 1. The number of ether oxygens (including phenoxy) is 1. The molecule has 0 spiro atoms. The Morgan fingerprint density at radius 1 is 1.27 bits per heavy atom. The van der Waals surface area contributed by atoms with Crippen molar-refractivity contribution in [1.82, 2.24) is 14.9 Å². The van der Waals surface area contributed by atoms with Crippen LogP contribution in [0.2, 0.25) is 0 Å². The monoisotopic (exact) mass is 417 g/mol. The number of hydrogen-bond donors (Lipinski definition) is 3. The third-order valence-corrected chi connectivity index (χ3v) is 4.65. The lowest BCUT2D eigenvalue weighted by molar-refractivity contribution is -0.119. The molecule has 0 aliphatic carbocycles. The van der Waals surface area contributed by atoms with Gasteiger partial charge in [0.05, 0.1) is 19.7 Å². The number of nitrogens with one attached hydrogen (secondary N) is 2. The van der Waals surface area contributed by atoms with Crippen LogP contribution in [0.3, 0.4) is 0 Å². The van der Waals surface area contributed by atoms with Gasteiger partial charge >= 0.3 is 5.69 Å². The number of aromatic nitrogens is 2. The largest absolute Gasteiger partial charge is 0.383 e. The minimum absolute atomic E-state index is 0.0426. The van der Waals surface area contributed by atoms with Gasteiger partial charge in [-0.1, -0.05) is 44.2 Å². The van der Waals surface area contributed by atoms with Crippen LogP contribution in [0.25, 0.3) is 0 Å². The zero-order valence-electron chi connectivity index (χ0n) is 17.8. The number of methoxy groups -OCH3 is 1. The molecule has 0 atom stereocenters. The maximum atomic E-state index is 12.7. The summed E-state index contributed by atoms with van der Waals surface area (Å²) >= 11 is 0. The number of nitrogens with zero attached hydrogens (tertiary/aromatic N) is 2. The molecule has 2 aromatic rings. The van der Waals surface area contributed by atoms with Gasteiger partial charge in [0.2, 0.25) is 5.91 Å². The molecule has 164 valence electrons. The number of benzene rings is 1. The molecule has 0 aliphatic rings. The van der Waals surface area contributed by atoms with E-state index in [-0.39, 0.29) is 30.5 Å². The second-order valence-corrected chi connectivity index (χ2v) is 7.51. The van der Waals surface area contributed by atoms with Crippen molar-refractivity contribution in [2.45, 2.75) is 26.8 Å². The number of nitrogen functional groups attached to an aromatic ring is 1. The van der Waals surface area contributed by atoms with Crippen molar-refractivity contribution in [3.05, 3.63) is 56.7 Å². The second-order valence-electron chi connectivity index (χ2n) is 7.51. The summed E-state index contributed by atoms with van der Waals surface area (Å²) in [6.45, 7) is 5.49. The van der Waals surface area contributed by atoms with Crippen LogP contribution in [0, 0.1) is 5.92 Å². The molecule has 1 aromatic carbocycles. The van der Waals surface area contributed by atoms with E-state index >= 15 is 0 Å². The Morgan fingerprint density at radius 3 is 2.60 bits per heavy atom. The number of aromatic amines is 1. The summed E-state index contributed by atoms with van der Waals surface area (Å²) in [5, 5.41) is 2.75. The Kier molecular flexibility index (Phi) is 8.67. The third kappa shape index (κ3) is 6.48. The number of H-pyrrole nitrogens is 1. The molecule has 0 saturated carbocycles. The molecule has 4 N–H and O–H groups in total. The first-order chi connectivity index (χ1) is 14.3. The lowest BCUT2D eigenvalue weighted by atomic mass is 10.1. The van der Waals surface area contributed by atoms with Crippen LogP contribution < -0.4 is 27.2 Å². The topological polar surface area (TPSA) is 122 Å².